The van der Waals surface area contributed by atoms with Crippen LogP contribution in [-0.4, -0.2) is 23.9 Å². The number of anilines is 1. The normalized spacial score (nSPS) is 11.0. The topological polar surface area (TPSA) is 98.5 Å². The van der Waals surface area contributed by atoms with E-state index in [1.54, 1.807) is 17.5 Å². The molecular weight excluding hydrogens is 344 g/mol. The summed E-state index contributed by atoms with van der Waals surface area (Å²) in [6, 6.07) is 5.95. The number of methoxy groups -OCH3 is 1. The summed E-state index contributed by atoms with van der Waals surface area (Å²) >= 11 is 1.14. The Morgan fingerprint density at radius 2 is 1.92 bits per heavy atom. The first-order chi connectivity index (χ1) is 11.6. The van der Waals surface area contributed by atoms with Crippen molar-refractivity contribution in [2.45, 2.75) is 26.2 Å². The average molecular weight is 362 g/mol. The second kappa shape index (κ2) is 7.02. The van der Waals surface area contributed by atoms with Gasteiger partial charge in [-0.05, 0) is 22.9 Å². The van der Waals surface area contributed by atoms with E-state index in [9.17, 15) is 19.7 Å². The molecule has 2 rings (SSSR count). The van der Waals surface area contributed by atoms with Gasteiger partial charge in [0.2, 0.25) is 0 Å². The number of ether oxygens (including phenoxy) is 1. The third kappa shape index (κ3) is 4.03. The molecule has 1 aromatic carbocycles. The number of hydrogen-bond donors (Lipinski definition) is 1. The molecule has 0 aliphatic rings. The molecular formula is C17H18N2O5S. The Bertz CT molecular complexity index is 836. The van der Waals surface area contributed by atoms with Crippen LogP contribution in [0.15, 0.2) is 29.6 Å². The van der Waals surface area contributed by atoms with Gasteiger partial charge in [0.1, 0.15) is 4.88 Å². The summed E-state index contributed by atoms with van der Waals surface area (Å²) < 4.78 is 4.66. The van der Waals surface area contributed by atoms with Gasteiger partial charge in [0, 0.05) is 17.2 Å². The highest BCUT2D eigenvalue weighted by Crippen LogP contribution is 2.32. The highest BCUT2D eigenvalue weighted by molar-refractivity contribution is 7.12. The zero-order valence-corrected chi connectivity index (χ0v) is 15.1. The van der Waals surface area contributed by atoms with Gasteiger partial charge in [0.05, 0.1) is 17.7 Å². The van der Waals surface area contributed by atoms with Crippen molar-refractivity contribution in [1.82, 2.24) is 0 Å². The number of thiophene rings is 1. The first-order valence-electron chi connectivity index (χ1n) is 7.41. The predicted octanol–water partition coefficient (Wildman–Crippen LogP) is 3.99. The third-order valence-corrected chi connectivity index (χ3v) is 4.44. The number of amides is 1. The van der Waals surface area contributed by atoms with E-state index in [1.807, 2.05) is 20.8 Å². The molecule has 132 valence electrons. The second-order valence-electron chi connectivity index (χ2n) is 6.35. The lowest BCUT2D eigenvalue weighted by atomic mass is 9.85. The molecule has 0 saturated carbocycles. The Morgan fingerprint density at radius 3 is 2.48 bits per heavy atom. The molecule has 1 heterocycles. The van der Waals surface area contributed by atoms with Crippen LogP contribution in [0, 0.1) is 10.1 Å². The van der Waals surface area contributed by atoms with E-state index in [4.69, 9.17) is 0 Å². The van der Waals surface area contributed by atoms with Crippen LogP contribution in [0.5, 0.6) is 0 Å². The maximum Gasteiger partial charge on any atom is 0.350 e. The molecule has 0 fully saturated rings. The van der Waals surface area contributed by atoms with Crippen LogP contribution in [0.4, 0.5) is 11.4 Å². The van der Waals surface area contributed by atoms with Gasteiger partial charge in [0.15, 0.2) is 0 Å². The Balaban J connectivity index is 2.35. The van der Waals surface area contributed by atoms with Gasteiger partial charge in [-0.3, -0.25) is 14.9 Å². The van der Waals surface area contributed by atoms with Crippen LogP contribution in [0.3, 0.4) is 0 Å². The molecule has 25 heavy (non-hydrogen) atoms. The molecule has 1 aromatic heterocycles. The maximum absolute atomic E-state index is 12.4. The van der Waals surface area contributed by atoms with Crippen LogP contribution >= 0.6 is 11.3 Å². The minimum Gasteiger partial charge on any atom is -0.465 e. The summed E-state index contributed by atoms with van der Waals surface area (Å²) in [5, 5.41) is 15.6. The van der Waals surface area contributed by atoms with Gasteiger partial charge in [0.25, 0.3) is 11.6 Å². The first kappa shape index (κ1) is 18.6. The zero-order valence-electron chi connectivity index (χ0n) is 14.3. The summed E-state index contributed by atoms with van der Waals surface area (Å²) in [4.78, 5) is 35.2. The van der Waals surface area contributed by atoms with E-state index in [0.717, 1.165) is 11.3 Å². The number of esters is 1. The largest absolute Gasteiger partial charge is 0.465 e. The van der Waals surface area contributed by atoms with Crippen LogP contribution in [0.25, 0.3) is 0 Å². The molecule has 0 unspecified atom stereocenters. The van der Waals surface area contributed by atoms with Gasteiger partial charge >= 0.3 is 5.97 Å². The van der Waals surface area contributed by atoms with Gasteiger partial charge in [-0.25, -0.2) is 4.79 Å². The van der Waals surface area contributed by atoms with Crippen LogP contribution < -0.4 is 5.32 Å². The number of nitro groups is 1. The van der Waals surface area contributed by atoms with Crippen LogP contribution in [-0.2, 0) is 10.2 Å². The highest BCUT2D eigenvalue weighted by Gasteiger charge is 2.26. The van der Waals surface area contributed by atoms with Crippen molar-refractivity contribution >= 4 is 34.6 Å². The van der Waals surface area contributed by atoms with Crippen molar-refractivity contribution in [2.24, 2.45) is 0 Å². The van der Waals surface area contributed by atoms with Gasteiger partial charge < -0.3 is 10.1 Å². The lowest BCUT2D eigenvalue weighted by Crippen LogP contribution is -2.17. The van der Waals surface area contributed by atoms with Crippen LogP contribution in [0.1, 0.15) is 46.4 Å². The number of carbonyl (C=O) groups excluding carboxylic acids is 2. The number of nitrogens with zero attached hydrogens (tertiary/aromatic N) is 1. The first-order valence-corrected chi connectivity index (χ1v) is 8.29. The van der Waals surface area contributed by atoms with Crippen molar-refractivity contribution < 1.29 is 19.2 Å². The molecule has 1 N–H and O–H groups in total. The fourth-order valence-corrected chi connectivity index (χ4v) is 3.08. The SMILES string of the molecule is COC(=O)c1sccc1NC(=O)c1ccc(C(C)(C)C)c([N+](=O)[O-])c1. The van der Waals surface area contributed by atoms with Crippen molar-refractivity contribution in [3.63, 3.8) is 0 Å². The van der Waals surface area contributed by atoms with Crippen molar-refractivity contribution in [2.75, 3.05) is 12.4 Å². The number of rotatable bonds is 4. The van der Waals surface area contributed by atoms with E-state index in [1.165, 1.54) is 19.2 Å². The molecule has 0 spiro atoms. The average Bonchev–Trinajstić information content (AvgIpc) is 3.00. The van der Waals surface area contributed by atoms with E-state index in [2.05, 4.69) is 10.1 Å². The highest BCUT2D eigenvalue weighted by atomic mass is 32.1. The molecule has 7 nitrogen and oxygen atoms in total. The number of hydrogen-bond acceptors (Lipinski definition) is 6. The number of nitrogens with one attached hydrogen (secondary N) is 1. The maximum atomic E-state index is 12.4. The Kier molecular flexibility index (Phi) is 5.22. The van der Waals surface area contributed by atoms with Gasteiger partial charge in [-0.15, -0.1) is 11.3 Å². The monoisotopic (exact) mass is 362 g/mol. The zero-order chi connectivity index (χ0) is 18.8. The Morgan fingerprint density at radius 1 is 1.24 bits per heavy atom. The molecule has 8 heteroatoms. The quantitative estimate of drug-likeness (QED) is 0.504. The molecule has 0 atom stereocenters. The Labute approximate surface area is 148 Å². The summed E-state index contributed by atoms with van der Waals surface area (Å²) in [6.45, 7) is 5.59. The molecule has 2 aromatic rings. The lowest BCUT2D eigenvalue weighted by molar-refractivity contribution is -0.386. The molecule has 1 amide bonds. The summed E-state index contributed by atoms with van der Waals surface area (Å²) in [5.74, 6) is -1.09. The molecule has 0 bridgehead atoms. The van der Waals surface area contributed by atoms with E-state index >= 15 is 0 Å². The second-order valence-corrected chi connectivity index (χ2v) is 7.26. The Hall–Kier alpha value is -2.74. The molecule has 0 radical (unpaired) electrons. The fraction of sp³-hybridized carbons (Fsp3) is 0.294. The number of carbonyl (C=O) groups is 2. The standard InChI is InChI=1S/C17H18N2O5S/c1-17(2,3)11-6-5-10(9-13(11)19(22)23)15(20)18-12-7-8-25-14(12)16(21)24-4/h5-9H,1-4H3,(H,18,20). The smallest absolute Gasteiger partial charge is 0.350 e. The van der Waals surface area contributed by atoms with E-state index in [-0.39, 0.29) is 16.1 Å². The number of nitro benzene ring substituents is 1. The van der Waals surface area contributed by atoms with E-state index < -0.39 is 22.2 Å². The lowest BCUT2D eigenvalue weighted by Gasteiger charge is -2.19. The summed E-state index contributed by atoms with van der Waals surface area (Å²) in [5.41, 5.74) is 0.452. The van der Waals surface area contributed by atoms with Crippen LogP contribution in [0.2, 0.25) is 0 Å². The minimum atomic E-state index is -0.556. The van der Waals surface area contributed by atoms with Crippen molar-refractivity contribution in [3.05, 3.63) is 55.8 Å². The number of benzene rings is 1. The summed E-state index contributed by atoms with van der Waals surface area (Å²) in [6.07, 6.45) is 0. The molecule has 0 saturated heterocycles. The summed E-state index contributed by atoms with van der Waals surface area (Å²) in [7, 11) is 1.25. The molecule has 0 aliphatic carbocycles. The fourth-order valence-electron chi connectivity index (χ4n) is 2.31. The minimum absolute atomic E-state index is 0.112. The third-order valence-electron chi connectivity index (χ3n) is 3.55. The van der Waals surface area contributed by atoms with E-state index in [0.29, 0.717) is 11.3 Å². The molecule has 0 aliphatic heterocycles. The van der Waals surface area contributed by atoms with Gasteiger partial charge in [-0.2, -0.15) is 0 Å². The van der Waals surface area contributed by atoms with Crippen molar-refractivity contribution in [1.29, 1.82) is 0 Å². The predicted molar refractivity (Wildman–Crippen MR) is 95.4 cm³/mol. The van der Waals surface area contributed by atoms with Gasteiger partial charge in [-0.1, -0.05) is 26.8 Å². The van der Waals surface area contributed by atoms with Crippen molar-refractivity contribution in [3.8, 4) is 0 Å².